The van der Waals surface area contributed by atoms with Crippen molar-refractivity contribution in [1.29, 1.82) is 0 Å². The molecule has 0 atom stereocenters. The molecule has 1 aromatic heterocycles. The molecular weight excluding hydrogens is 221 g/mol. The normalized spacial score (nSPS) is 10.9. The molecule has 0 aromatic carbocycles. The van der Waals surface area contributed by atoms with Crippen molar-refractivity contribution in [2.75, 3.05) is 12.4 Å². The summed E-state index contributed by atoms with van der Waals surface area (Å²) in [7, 11) is 1.84. The monoisotopic (exact) mass is 235 g/mol. The second-order valence-electron chi connectivity index (χ2n) is 3.20. The third-order valence-electron chi connectivity index (χ3n) is 2.06. The minimum Gasteiger partial charge on any atom is -0.312 e. The van der Waals surface area contributed by atoms with E-state index in [1.807, 2.05) is 14.0 Å². The van der Waals surface area contributed by atoms with Crippen LogP contribution in [0.25, 0.3) is 0 Å². The molecule has 80 valence electrons. The highest BCUT2D eigenvalue weighted by molar-refractivity contribution is 6.30. The van der Waals surface area contributed by atoms with Crippen LogP contribution in [0, 0.1) is 6.92 Å². The second-order valence-corrected chi connectivity index (χ2v) is 3.93. The zero-order valence-corrected chi connectivity index (χ0v) is 9.99. The highest BCUT2D eigenvalue weighted by Crippen LogP contribution is 2.17. The molecule has 0 amide bonds. The summed E-state index contributed by atoms with van der Waals surface area (Å²) in [5, 5.41) is 8.21. The maximum absolute atomic E-state index is 6.06. The Labute approximate surface area is 94.4 Å². The predicted molar refractivity (Wildman–Crippen MR) is 60.0 cm³/mol. The fourth-order valence-corrected chi connectivity index (χ4v) is 1.65. The van der Waals surface area contributed by atoms with Gasteiger partial charge in [0.25, 0.3) is 0 Å². The Bertz CT molecular complexity index is 296. The van der Waals surface area contributed by atoms with Crippen molar-refractivity contribution >= 4 is 23.2 Å². The van der Waals surface area contributed by atoms with Gasteiger partial charge in [0.05, 0.1) is 5.69 Å². The smallest absolute Gasteiger partial charge is 0.131 e. The van der Waals surface area contributed by atoms with Crippen LogP contribution in [0.5, 0.6) is 0 Å². The number of rotatable bonds is 5. The van der Waals surface area contributed by atoms with Crippen LogP contribution in [0.1, 0.15) is 17.7 Å². The maximum atomic E-state index is 6.06. The number of nitrogens with one attached hydrogen (secondary N) is 1. The lowest BCUT2D eigenvalue weighted by Crippen LogP contribution is -2.15. The van der Waals surface area contributed by atoms with Gasteiger partial charge in [-0.15, -0.1) is 11.6 Å². The molecule has 1 heterocycles. The highest BCUT2D eigenvalue weighted by atomic mass is 35.5. The first-order valence-corrected chi connectivity index (χ1v) is 5.52. The van der Waals surface area contributed by atoms with Gasteiger partial charge in [0.15, 0.2) is 0 Å². The highest BCUT2D eigenvalue weighted by Gasteiger charge is 2.09. The molecule has 1 aromatic rings. The Morgan fingerprint density at radius 1 is 1.50 bits per heavy atom. The Balaban J connectivity index is 2.49. The molecule has 0 saturated heterocycles. The van der Waals surface area contributed by atoms with E-state index in [0.29, 0.717) is 11.0 Å². The topological polar surface area (TPSA) is 29.9 Å². The van der Waals surface area contributed by atoms with E-state index in [-0.39, 0.29) is 0 Å². The first kappa shape index (κ1) is 11.8. The first-order valence-electron chi connectivity index (χ1n) is 4.61. The van der Waals surface area contributed by atoms with Gasteiger partial charge in [-0.3, -0.25) is 4.68 Å². The molecule has 0 saturated carbocycles. The molecule has 0 unspecified atom stereocenters. The van der Waals surface area contributed by atoms with E-state index in [4.69, 9.17) is 23.2 Å². The van der Waals surface area contributed by atoms with E-state index in [1.165, 1.54) is 0 Å². The van der Waals surface area contributed by atoms with Crippen molar-refractivity contribution in [2.24, 2.45) is 7.05 Å². The van der Waals surface area contributed by atoms with E-state index >= 15 is 0 Å². The predicted octanol–water partition coefficient (Wildman–Crippen LogP) is 2.10. The quantitative estimate of drug-likeness (QED) is 0.626. The molecule has 1 rings (SSSR count). The van der Waals surface area contributed by atoms with Crippen LogP contribution in [-0.4, -0.2) is 22.2 Å². The number of alkyl halides is 1. The first-order chi connectivity index (χ1) is 6.66. The molecule has 0 aliphatic carbocycles. The van der Waals surface area contributed by atoms with Crippen molar-refractivity contribution in [1.82, 2.24) is 15.1 Å². The lowest BCUT2D eigenvalue weighted by atomic mass is 10.2. The Hall–Kier alpha value is -0.250. The lowest BCUT2D eigenvalue weighted by molar-refractivity contribution is 0.675. The summed E-state index contributed by atoms with van der Waals surface area (Å²) in [6.45, 7) is 3.63. The van der Waals surface area contributed by atoms with E-state index < -0.39 is 0 Å². The zero-order valence-electron chi connectivity index (χ0n) is 8.48. The SMILES string of the molecule is Cc1nn(C)c(Cl)c1CNCCCCl. The molecule has 0 bridgehead atoms. The Morgan fingerprint density at radius 3 is 2.71 bits per heavy atom. The van der Waals surface area contributed by atoms with Gasteiger partial charge < -0.3 is 5.32 Å². The van der Waals surface area contributed by atoms with Crippen molar-refractivity contribution in [3.63, 3.8) is 0 Å². The van der Waals surface area contributed by atoms with Gasteiger partial charge in [0.2, 0.25) is 0 Å². The molecule has 0 spiro atoms. The van der Waals surface area contributed by atoms with Crippen molar-refractivity contribution in [3.05, 3.63) is 16.4 Å². The van der Waals surface area contributed by atoms with Gasteiger partial charge in [0, 0.05) is 25.0 Å². The molecule has 0 aliphatic heterocycles. The molecular formula is C9H15Cl2N3. The number of aryl methyl sites for hydroxylation is 2. The van der Waals surface area contributed by atoms with E-state index in [9.17, 15) is 0 Å². The number of nitrogens with zero attached hydrogens (tertiary/aromatic N) is 2. The molecule has 0 aliphatic rings. The molecule has 5 heteroatoms. The van der Waals surface area contributed by atoms with Gasteiger partial charge in [-0.2, -0.15) is 5.10 Å². The average molecular weight is 236 g/mol. The van der Waals surface area contributed by atoms with Gasteiger partial charge >= 0.3 is 0 Å². The van der Waals surface area contributed by atoms with Gasteiger partial charge in [-0.1, -0.05) is 11.6 Å². The van der Waals surface area contributed by atoms with Crippen LogP contribution >= 0.6 is 23.2 Å². The standard InChI is InChI=1S/C9H15Cl2N3/c1-7-8(6-12-5-3-4-10)9(11)14(2)13-7/h12H,3-6H2,1-2H3. The molecule has 14 heavy (non-hydrogen) atoms. The fourth-order valence-electron chi connectivity index (χ4n) is 1.28. The third-order valence-corrected chi connectivity index (χ3v) is 2.80. The molecule has 3 nitrogen and oxygen atoms in total. The van der Waals surface area contributed by atoms with E-state index in [1.54, 1.807) is 4.68 Å². The lowest BCUT2D eigenvalue weighted by Gasteiger charge is -2.02. The number of hydrogen-bond acceptors (Lipinski definition) is 2. The summed E-state index contributed by atoms with van der Waals surface area (Å²) in [4.78, 5) is 0. The molecule has 0 fully saturated rings. The summed E-state index contributed by atoms with van der Waals surface area (Å²) in [6.07, 6.45) is 0.971. The van der Waals surface area contributed by atoms with Gasteiger partial charge in [0.1, 0.15) is 5.15 Å². The molecule has 0 radical (unpaired) electrons. The van der Waals surface area contributed by atoms with E-state index in [0.717, 1.165) is 30.8 Å². The van der Waals surface area contributed by atoms with Gasteiger partial charge in [-0.25, -0.2) is 0 Å². The van der Waals surface area contributed by atoms with Crippen LogP contribution in [0.2, 0.25) is 5.15 Å². The largest absolute Gasteiger partial charge is 0.312 e. The summed E-state index contributed by atoms with van der Waals surface area (Å²) >= 11 is 11.6. The van der Waals surface area contributed by atoms with Crippen molar-refractivity contribution < 1.29 is 0 Å². The van der Waals surface area contributed by atoms with Crippen LogP contribution in [0.4, 0.5) is 0 Å². The summed E-state index contributed by atoms with van der Waals surface area (Å²) in [5.41, 5.74) is 2.06. The summed E-state index contributed by atoms with van der Waals surface area (Å²) < 4.78 is 1.69. The van der Waals surface area contributed by atoms with Crippen LogP contribution in [-0.2, 0) is 13.6 Å². The van der Waals surface area contributed by atoms with Crippen LogP contribution in [0.3, 0.4) is 0 Å². The number of halogens is 2. The number of aromatic nitrogens is 2. The minimum atomic E-state index is 0.687. The Kier molecular flexibility index (Phi) is 4.72. The average Bonchev–Trinajstić information content (AvgIpc) is 2.38. The van der Waals surface area contributed by atoms with Crippen molar-refractivity contribution in [2.45, 2.75) is 19.9 Å². The summed E-state index contributed by atoms with van der Waals surface area (Å²) in [5.74, 6) is 0.687. The van der Waals surface area contributed by atoms with Crippen molar-refractivity contribution in [3.8, 4) is 0 Å². The second kappa shape index (κ2) is 5.59. The van der Waals surface area contributed by atoms with Gasteiger partial charge in [-0.05, 0) is 19.9 Å². The summed E-state index contributed by atoms with van der Waals surface area (Å²) in [6, 6.07) is 0. The number of hydrogen-bond donors (Lipinski definition) is 1. The fraction of sp³-hybridized carbons (Fsp3) is 0.667. The Morgan fingerprint density at radius 2 is 2.21 bits per heavy atom. The van der Waals surface area contributed by atoms with E-state index in [2.05, 4.69) is 10.4 Å². The van der Waals surface area contributed by atoms with Crippen LogP contribution in [0.15, 0.2) is 0 Å². The molecule has 1 N–H and O–H groups in total. The third kappa shape index (κ3) is 2.87. The van der Waals surface area contributed by atoms with Crippen LogP contribution < -0.4 is 5.32 Å². The maximum Gasteiger partial charge on any atom is 0.131 e. The zero-order chi connectivity index (χ0) is 10.6. The minimum absolute atomic E-state index is 0.687.